The van der Waals surface area contributed by atoms with E-state index in [1.165, 1.54) is 22.3 Å². The summed E-state index contributed by atoms with van der Waals surface area (Å²) in [5, 5.41) is 0. The van der Waals surface area contributed by atoms with Crippen LogP contribution in [0.4, 0.5) is 0 Å². The minimum atomic E-state index is 0.143. The third kappa shape index (κ3) is 1.25. The average Bonchev–Trinajstić information content (AvgIpc) is 2.31. The molecule has 0 saturated carbocycles. The maximum Gasteiger partial charge on any atom is 0.130 e. The van der Waals surface area contributed by atoms with E-state index in [9.17, 15) is 0 Å². The van der Waals surface area contributed by atoms with Crippen LogP contribution in [0.3, 0.4) is 0 Å². The lowest BCUT2D eigenvalue weighted by Crippen LogP contribution is -2.11. The standard InChI is InChI=1S/C15H14O/c1-10-6-5-9-14-13-8-4-3-7-12(13)11(2)16-15(10)14/h3-9,11H,1-2H3. The first-order valence-corrected chi connectivity index (χ1v) is 5.63. The third-order valence-electron chi connectivity index (χ3n) is 3.20. The van der Waals surface area contributed by atoms with Crippen molar-refractivity contribution in [3.63, 3.8) is 0 Å². The van der Waals surface area contributed by atoms with E-state index < -0.39 is 0 Å². The highest BCUT2D eigenvalue weighted by Crippen LogP contribution is 2.43. The van der Waals surface area contributed by atoms with Crippen molar-refractivity contribution in [1.82, 2.24) is 0 Å². The van der Waals surface area contributed by atoms with Crippen LogP contribution in [0.5, 0.6) is 5.75 Å². The first-order chi connectivity index (χ1) is 7.77. The van der Waals surface area contributed by atoms with Crippen molar-refractivity contribution in [1.29, 1.82) is 0 Å². The Morgan fingerprint density at radius 2 is 1.69 bits per heavy atom. The minimum Gasteiger partial charge on any atom is -0.485 e. The van der Waals surface area contributed by atoms with Gasteiger partial charge < -0.3 is 4.74 Å². The quantitative estimate of drug-likeness (QED) is 0.635. The van der Waals surface area contributed by atoms with Crippen LogP contribution < -0.4 is 4.74 Å². The number of benzene rings is 2. The summed E-state index contributed by atoms with van der Waals surface area (Å²) in [4.78, 5) is 0. The van der Waals surface area contributed by atoms with Gasteiger partial charge in [-0.1, -0.05) is 42.5 Å². The zero-order valence-corrected chi connectivity index (χ0v) is 9.53. The van der Waals surface area contributed by atoms with Crippen LogP contribution in [0.1, 0.15) is 24.2 Å². The predicted octanol–water partition coefficient (Wildman–Crippen LogP) is 4.12. The molecule has 1 unspecified atom stereocenters. The number of ether oxygens (including phenoxy) is 1. The molecule has 0 fully saturated rings. The summed E-state index contributed by atoms with van der Waals surface area (Å²) < 4.78 is 5.99. The molecule has 2 aromatic rings. The molecule has 80 valence electrons. The molecule has 1 aliphatic rings. The van der Waals surface area contributed by atoms with E-state index in [0.29, 0.717) is 0 Å². The normalized spacial score (nSPS) is 17.2. The molecule has 0 N–H and O–H groups in total. The van der Waals surface area contributed by atoms with Crippen LogP contribution in [0.25, 0.3) is 11.1 Å². The van der Waals surface area contributed by atoms with E-state index in [1.807, 2.05) is 0 Å². The van der Waals surface area contributed by atoms with Crippen LogP contribution >= 0.6 is 0 Å². The second kappa shape index (κ2) is 3.38. The fourth-order valence-electron chi connectivity index (χ4n) is 2.36. The topological polar surface area (TPSA) is 9.23 Å². The first-order valence-electron chi connectivity index (χ1n) is 5.63. The Bertz CT molecular complexity index is 543. The molecular formula is C15H14O. The van der Waals surface area contributed by atoms with Gasteiger partial charge in [0.1, 0.15) is 11.9 Å². The first kappa shape index (κ1) is 9.46. The average molecular weight is 210 g/mol. The molecule has 2 aromatic carbocycles. The predicted molar refractivity (Wildman–Crippen MR) is 65.7 cm³/mol. The molecule has 0 aliphatic carbocycles. The Balaban J connectivity index is 2.32. The van der Waals surface area contributed by atoms with E-state index >= 15 is 0 Å². The summed E-state index contributed by atoms with van der Waals surface area (Å²) in [6.07, 6.45) is 0.143. The van der Waals surface area contributed by atoms with Crippen molar-refractivity contribution in [3.05, 3.63) is 53.6 Å². The molecule has 0 aromatic heterocycles. The molecule has 16 heavy (non-hydrogen) atoms. The van der Waals surface area contributed by atoms with Crippen molar-refractivity contribution >= 4 is 0 Å². The Labute approximate surface area is 95.7 Å². The zero-order chi connectivity index (χ0) is 11.1. The maximum absolute atomic E-state index is 5.99. The molecule has 1 heteroatoms. The van der Waals surface area contributed by atoms with Gasteiger partial charge in [0.25, 0.3) is 0 Å². The molecule has 0 amide bonds. The van der Waals surface area contributed by atoms with E-state index in [1.54, 1.807) is 0 Å². The highest BCUT2D eigenvalue weighted by atomic mass is 16.5. The smallest absolute Gasteiger partial charge is 0.130 e. The molecular weight excluding hydrogens is 196 g/mol. The summed E-state index contributed by atoms with van der Waals surface area (Å²) >= 11 is 0. The lowest BCUT2D eigenvalue weighted by Gasteiger charge is -2.27. The largest absolute Gasteiger partial charge is 0.485 e. The molecule has 0 radical (unpaired) electrons. The summed E-state index contributed by atoms with van der Waals surface area (Å²) in [6, 6.07) is 14.8. The maximum atomic E-state index is 5.99. The highest BCUT2D eigenvalue weighted by molar-refractivity contribution is 5.76. The van der Waals surface area contributed by atoms with Crippen LogP contribution in [-0.4, -0.2) is 0 Å². The van der Waals surface area contributed by atoms with Crippen LogP contribution in [0.2, 0.25) is 0 Å². The third-order valence-corrected chi connectivity index (χ3v) is 3.20. The SMILES string of the molecule is Cc1cccc2c1OC(C)c1ccccc1-2. The van der Waals surface area contributed by atoms with Gasteiger partial charge in [-0.05, 0) is 25.0 Å². The summed E-state index contributed by atoms with van der Waals surface area (Å²) in [5.41, 5.74) is 5.01. The van der Waals surface area contributed by atoms with Crippen LogP contribution in [-0.2, 0) is 0 Å². The fourth-order valence-corrected chi connectivity index (χ4v) is 2.36. The molecule has 1 aliphatic heterocycles. The van der Waals surface area contributed by atoms with Crippen LogP contribution in [0, 0.1) is 6.92 Å². The van der Waals surface area contributed by atoms with Crippen molar-refractivity contribution in [2.75, 3.05) is 0 Å². The van der Waals surface area contributed by atoms with E-state index in [0.717, 1.165) is 5.75 Å². The molecule has 3 rings (SSSR count). The van der Waals surface area contributed by atoms with Gasteiger partial charge in [-0.25, -0.2) is 0 Å². The lowest BCUT2D eigenvalue weighted by molar-refractivity contribution is 0.222. The van der Waals surface area contributed by atoms with Gasteiger partial charge in [0, 0.05) is 11.1 Å². The van der Waals surface area contributed by atoms with E-state index in [2.05, 4.69) is 56.3 Å². The molecule has 0 saturated heterocycles. The molecule has 0 bridgehead atoms. The monoisotopic (exact) mass is 210 g/mol. The van der Waals surface area contributed by atoms with Gasteiger partial charge in [0.2, 0.25) is 0 Å². The lowest BCUT2D eigenvalue weighted by atomic mass is 9.92. The van der Waals surface area contributed by atoms with Gasteiger partial charge in [0.05, 0.1) is 0 Å². The van der Waals surface area contributed by atoms with E-state index in [4.69, 9.17) is 4.74 Å². The number of aryl methyl sites for hydroxylation is 1. The highest BCUT2D eigenvalue weighted by Gasteiger charge is 2.22. The van der Waals surface area contributed by atoms with Crippen molar-refractivity contribution in [3.8, 4) is 16.9 Å². The summed E-state index contributed by atoms with van der Waals surface area (Å²) in [7, 11) is 0. The molecule has 1 nitrogen and oxygen atoms in total. The Hall–Kier alpha value is -1.76. The number of hydrogen-bond acceptors (Lipinski definition) is 1. The van der Waals surface area contributed by atoms with Gasteiger partial charge in [-0.3, -0.25) is 0 Å². The van der Waals surface area contributed by atoms with Gasteiger partial charge in [-0.2, -0.15) is 0 Å². The molecule has 1 atom stereocenters. The number of para-hydroxylation sites is 1. The number of rotatable bonds is 0. The second-order valence-electron chi connectivity index (χ2n) is 4.30. The number of hydrogen-bond donors (Lipinski definition) is 0. The van der Waals surface area contributed by atoms with Gasteiger partial charge >= 0.3 is 0 Å². The van der Waals surface area contributed by atoms with Gasteiger partial charge in [-0.15, -0.1) is 0 Å². The fraction of sp³-hybridized carbons (Fsp3) is 0.200. The Morgan fingerprint density at radius 3 is 2.56 bits per heavy atom. The Kier molecular flexibility index (Phi) is 2.00. The van der Waals surface area contributed by atoms with Crippen LogP contribution in [0.15, 0.2) is 42.5 Å². The number of fused-ring (bicyclic) bond motifs is 3. The summed E-state index contributed by atoms with van der Waals surface area (Å²) in [6.45, 7) is 4.20. The van der Waals surface area contributed by atoms with E-state index in [-0.39, 0.29) is 6.10 Å². The van der Waals surface area contributed by atoms with Crippen molar-refractivity contribution < 1.29 is 4.74 Å². The Morgan fingerprint density at radius 1 is 0.938 bits per heavy atom. The second-order valence-corrected chi connectivity index (χ2v) is 4.30. The summed E-state index contributed by atoms with van der Waals surface area (Å²) in [5.74, 6) is 1.04. The van der Waals surface area contributed by atoms with Crippen molar-refractivity contribution in [2.45, 2.75) is 20.0 Å². The minimum absolute atomic E-state index is 0.143. The molecule has 1 heterocycles. The zero-order valence-electron chi connectivity index (χ0n) is 9.53. The van der Waals surface area contributed by atoms with Gasteiger partial charge in [0.15, 0.2) is 0 Å². The molecule has 0 spiro atoms. The van der Waals surface area contributed by atoms with Crippen molar-refractivity contribution in [2.24, 2.45) is 0 Å².